The quantitative estimate of drug-likeness (QED) is 0.699. The lowest BCUT2D eigenvalue weighted by molar-refractivity contribution is -0.134. The molecule has 1 amide bonds. The molecule has 0 bridgehead atoms. The average Bonchev–Trinajstić information content (AvgIpc) is 2.77. The number of hydrogen-bond acceptors (Lipinski definition) is 7. The molecule has 1 fully saturated rings. The van der Waals surface area contributed by atoms with E-state index in [9.17, 15) is 9.59 Å². The van der Waals surface area contributed by atoms with Crippen molar-refractivity contribution in [3.8, 4) is 11.5 Å². The van der Waals surface area contributed by atoms with Gasteiger partial charge in [0.1, 0.15) is 22.9 Å². The van der Waals surface area contributed by atoms with Crippen molar-refractivity contribution >= 4 is 17.7 Å². The number of pyridine rings is 1. The third kappa shape index (κ3) is 4.33. The molecule has 0 saturated carbocycles. The fraction of sp³-hybridized carbons (Fsp3) is 0.350. The second-order valence-corrected chi connectivity index (χ2v) is 6.17. The van der Waals surface area contributed by atoms with Crippen molar-refractivity contribution < 1.29 is 23.8 Å². The van der Waals surface area contributed by atoms with E-state index in [1.807, 2.05) is 18.2 Å². The Kier molecular flexibility index (Phi) is 6.31. The number of nitrogens with zero attached hydrogens (tertiary/aromatic N) is 3. The number of amides is 1. The van der Waals surface area contributed by atoms with Crippen LogP contribution in [0.15, 0.2) is 42.6 Å². The lowest BCUT2D eigenvalue weighted by Crippen LogP contribution is -2.50. The molecule has 8 heteroatoms. The van der Waals surface area contributed by atoms with Crippen LogP contribution in [0, 0.1) is 0 Å². The maximum absolute atomic E-state index is 12.5. The molecule has 0 atom stereocenters. The Morgan fingerprint density at radius 3 is 2.21 bits per heavy atom. The van der Waals surface area contributed by atoms with Gasteiger partial charge in [-0.2, -0.15) is 0 Å². The van der Waals surface area contributed by atoms with Crippen LogP contribution in [-0.4, -0.2) is 68.8 Å². The van der Waals surface area contributed by atoms with E-state index in [1.54, 1.807) is 29.3 Å². The van der Waals surface area contributed by atoms with Crippen molar-refractivity contribution in [2.45, 2.75) is 0 Å². The van der Waals surface area contributed by atoms with Crippen LogP contribution < -0.4 is 14.4 Å². The highest BCUT2D eigenvalue weighted by molar-refractivity contribution is 5.96. The molecule has 2 heterocycles. The van der Waals surface area contributed by atoms with Gasteiger partial charge in [0.05, 0.1) is 14.2 Å². The summed E-state index contributed by atoms with van der Waals surface area (Å²) in [5.41, 5.74) is 0.167. The number of rotatable bonds is 6. The maximum Gasteiger partial charge on any atom is 0.346 e. The van der Waals surface area contributed by atoms with Gasteiger partial charge in [0.2, 0.25) is 0 Å². The molecule has 2 aromatic rings. The molecule has 3 rings (SSSR count). The van der Waals surface area contributed by atoms with E-state index in [0.717, 1.165) is 5.82 Å². The second kappa shape index (κ2) is 9.07. The minimum absolute atomic E-state index is 0.167. The van der Waals surface area contributed by atoms with Crippen LogP contribution in [0.5, 0.6) is 11.5 Å². The number of piperazine rings is 1. The van der Waals surface area contributed by atoms with Crippen LogP contribution in [0.1, 0.15) is 10.4 Å². The van der Waals surface area contributed by atoms with E-state index in [-0.39, 0.29) is 18.1 Å². The molecule has 1 saturated heterocycles. The van der Waals surface area contributed by atoms with Crippen LogP contribution in [0.25, 0.3) is 0 Å². The first-order valence-electron chi connectivity index (χ1n) is 8.96. The zero-order valence-electron chi connectivity index (χ0n) is 16.0. The fourth-order valence-electron chi connectivity index (χ4n) is 3.07. The van der Waals surface area contributed by atoms with E-state index < -0.39 is 5.97 Å². The Labute approximate surface area is 163 Å². The van der Waals surface area contributed by atoms with Gasteiger partial charge in [-0.25, -0.2) is 9.78 Å². The summed E-state index contributed by atoms with van der Waals surface area (Å²) in [6, 6.07) is 10.7. The van der Waals surface area contributed by atoms with E-state index >= 15 is 0 Å². The SMILES string of the molecule is COc1cccc(OC)c1C(=O)OCC(=O)N1CCN(c2ccccn2)CC1. The molecule has 0 radical (unpaired) electrons. The molecule has 0 N–H and O–H groups in total. The molecule has 1 aromatic carbocycles. The first-order valence-corrected chi connectivity index (χ1v) is 8.96. The summed E-state index contributed by atoms with van der Waals surface area (Å²) in [4.78, 5) is 33.0. The van der Waals surface area contributed by atoms with Crippen LogP contribution in [0.2, 0.25) is 0 Å². The fourth-order valence-corrected chi connectivity index (χ4v) is 3.07. The number of ether oxygens (including phenoxy) is 3. The van der Waals surface area contributed by atoms with Crippen molar-refractivity contribution in [1.29, 1.82) is 0 Å². The Morgan fingerprint density at radius 2 is 1.64 bits per heavy atom. The summed E-state index contributed by atoms with van der Waals surface area (Å²) < 4.78 is 15.6. The first-order chi connectivity index (χ1) is 13.6. The number of hydrogen-bond donors (Lipinski definition) is 0. The van der Waals surface area contributed by atoms with Gasteiger partial charge >= 0.3 is 5.97 Å². The molecule has 0 unspecified atom stereocenters. The molecule has 1 aliphatic heterocycles. The molecular weight excluding hydrogens is 362 g/mol. The summed E-state index contributed by atoms with van der Waals surface area (Å²) in [5.74, 6) is 0.670. The zero-order valence-corrected chi connectivity index (χ0v) is 16.0. The minimum atomic E-state index is -0.658. The monoisotopic (exact) mass is 385 g/mol. The number of carbonyl (C=O) groups is 2. The normalized spacial score (nSPS) is 13.8. The Bertz CT molecular complexity index is 798. The molecule has 0 spiro atoms. The van der Waals surface area contributed by atoms with Crippen LogP contribution in [0.4, 0.5) is 5.82 Å². The molecule has 148 valence electrons. The Morgan fingerprint density at radius 1 is 0.964 bits per heavy atom. The van der Waals surface area contributed by atoms with Crippen molar-refractivity contribution in [3.63, 3.8) is 0 Å². The van der Waals surface area contributed by atoms with E-state index in [1.165, 1.54) is 14.2 Å². The van der Waals surface area contributed by atoms with Gasteiger partial charge in [-0.3, -0.25) is 4.79 Å². The Hall–Kier alpha value is -3.29. The summed E-state index contributed by atoms with van der Waals surface area (Å²) >= 11 is 0. The van der Waals surface area contributed by atoms with Gasteiger partial charge in [0.15, 0.2) is 6.61 Å². The van der Waals surface area contributed by atoms with Gasteiger partial charge in [-0.15, -0.1) is 0 Å². The minimum Gasteiger partial charge on any atom is -0.496 e. The van der Waals surface area contributed by atoms with Crippen LogP contribution in [-0.2, 0) is 9.53 Å². The number of methoxy groups -OCH3 is 2. The van der Waals surface area contributed by atoms with Gasteiger partial charge in [0, 0.05) is 32.4 Å². The standard InChI is InChI=1S/C20H23N3O5/c1-26-15-6-5-7-16(27-2)19(15)20(25)28-14-18(24)23-12-10-22(11-13-23)17-8-3-4-9-21-17/h3-9H,10-14H2,1-2H3. The summed E-state index contributed by atoms with van der Waals surface area (Å²) in [6.07, 6.45) is 1.75. The van der Waals surface area contributed by atoms with Crippen LogP contribution in [0.3, 0.4) is 0 Å². The van der Waals surface area contributed by atoms with E-state index in [2.05, 4.69) is 9.88 Å². The molecule has 1 aromatic heterocycles. The van der Waals surface area contributed by atoms with Crippen molar-refractivity contribution in [2.75, 3.05) is 51.9 Å². The van der Waals surface area contributed by atoms with E-state index in [0.29, 0.717) is 37.7 Å². The third-order valence-corrected chi connectivity index (χ3v) is 4.56. The summed E-state index contributed by atoms with van der Waals surface area (Å²) in [5, 5.41) is 0. The number of carbonyl (C=O) groups excluding carboxylic acids is 2. The van der Waals surface area contributed by atoms with Crippen molar-refractivity contribution in [1.82, 2.24) is 9.88 Å². The van der Waals surface area contributed by atoms with Gasteiger partial charge in [0.25, 0.3) is 5.91 Å². The second-order valence-electron chi connectivity index (χ2n) is 6.17. The predicted molar refractivity (Wildman–Crippen MR) is 103 cm³/mol. The van der Waals surface area contributed by atoms with Gasteiger partial charge < -0.3 is 24.0 Å². The smallest absolute Gasteiger partial charge is 0.346 e. The summed E-state index contributed by atoms with van der Waals surface area (Å²) in [7, 11) is 2.91. The largest absolute Gasteiger partial charge is 0.496 e. The van der Waals surface area contributed by atoms with Crippen LogP contribution >= 0.6 is 0 Å². The lowest BCUT2D eigenvalue weighted by Gasteiger charge is -2.35. The number of esters is 1. The first kappa shape index (κ1) is 19.5. The van der Waals surface area contributed by atoms with Crippen molar-refractivity contribution in [2.24, 2.45) is 0 Å². The highest BCUT2D eigenvalue weighted by atomic mass is 16.5. The average molecular weight is 385 g/mol. The Balaban J connectivity index is 1.55. The van der Waals surface area contributed by atoms with Gasteiger partial charge in [-0.1, -0.05) is 12.1 Å². The maximum atomic E-state index is 12.5. The number of aromatic nitrogens is 1. The lowest BCUT2D eigenvalue weighted by atomic mass is 10.2. The van der Waals surface area contributed by atoms with Gasteiger partial charge in [-0.05, 0) is 24.3 Å². The topological polar surface area (TPSA) is 81.2 Å². The molecule has 1 aliphatic rings. The molecular formula is C20H23N3O5. The third-order valence-electron chi connectivity index (χ3n) is 4.56. The molecule has 8 nitrogen and oxygen atoms in total. The van der Waals surface area contributed by atoms with Crippen molar-refractivity contribution in [3.05, 3.63) is 48.2 Å². The zero-order chi connectivity index (χ0) is 19.9. The van der Waals surface area contributed by atoms with E-state index in [4.69, 9.17) is 14.2 Å². The molecule has 0 aliphatic carbocycles. The highest BCUT2D eigenvalue weighted by Crippen LogP contribution is 2.28. The predicted octanol–water partition coefficient (Wildman–Crippen LogP) is 1.60. The summed E-state index contributed by atoms with van der Waals surface area (Å²) in [6.45, 7) is 2.12. The highest BCUT2D eigenvalue weighted by Gasteiger charge is 2.25. The molecule has 28 heavy (non-hydrogen) atoms. The number of anilines is 1. The number of benzene rings is 1.